The number of aryl methyl sites for hydroxylation is 1. The molecule has 35 heavy (non-hydrogen) atoms. The maximum absolute atomic E-state index is 13.6. The summed E-state index contributed by atoms with van der Waals surface area (Å²) in [5.41, 5.74) is 6.33. The first kappa shape index (κ1) is 23.6. The van der Waals surface area contributed by atoms with Crippen molar-refractivity contribution >= 4 is 23.1 Å². The van der Waals surface area contributed by atoms with Crippen LogP contribution in [0.25, 0.3) is 16.8 Å². The highest BCUT2D eigenvalue weighted by atomic mass is 35.5. The van der Waals surface area contributed by atoms with Crippen LogP contribution in [-0.2, 0) is 24.5 Å². The molecule has 2 aromatic heterocycles. The molecule has 0 saturated heterocycles. The van der Waals surface area contributed by atoms with Crippen molar-refractivity contribution in [3.8, 4) is 16.9 Å². The number of aromatic nitrogens is 3. The van der Waals surface area contributed by atoms with Gasteiger partial charge in [0.2, 0.25) is 0 Å². The van der Waals surface area contributed by atoms with E-state index in [0.717, 1.165) is 64.5 Å². The quantitative estimate of drug-likeness (QED) is 0.286. The predicted octanol–water partition coefficient (Wildman–Crippen LogP) is 6.34. The standard InChI is InChI=1S/C27H28ClFN4O2/c1-4-5-12-32(14-18-6-8-19(29)9-7-18)27-22-15-35-16-24(22)30-26-25(17(2)31-33(26)27)21-11-10-20(34-3)13-23(21)28/h6-11,13H,4-5,12,14-16H2,1-3H3. The zero-order chi connectivity index (χ0) is 24.5. The Kier molecular flexibility index (Phi) is 6.62. The van der Waals surface area contributed by atoms with Crippen molar-refractivity contribution in [2.75, 3.05) is 18.6 Å². The minimum Gasteiger partial charge on any atom is -0.497 e. The van der Waals surface area contributed by atoms with Crippen molar-refractivity contribution < 1.29 is 13.9 Å². The molecule has 8 heteroatoms. The van der Waals surface area contributed by atoms with E-state index in [1.165, 1.54) is 12.1 Å². The van der Waals surface area contributed by atoms with Crippen molar-refractivity contribution in [1.29, 1.82) is 0 Å². The molecule has 0 saturated carbocycles. The van der Waals surface area contributed by atoms with Crippen LogP contribution < -0.4 is 9.64 Å². The number of anilines is 1. The third kappa shape index (κ3) is 4.46. The molecule has 0 fully saturated rings. The fourth-order valence-corrected chi connectivity index (χ4v) is 4.88. The summed E-state index contributed by atoms with van der Waals surface area (Å²) in [6, 6.07) is 12.3. The van der Waals surface area contributed by atoms with E-state index in [4.69, 9.17) is 31.2 Å². The molecule has 1 aliphatic rings. The number of benzene rings is 2. The predicted molar refractivity (Wildman–Crippen MR) is 136 cm³/mol. The van der Waals surface area contributed by atoms with Crippen molar-refractivity contribution in [1.82, 2.24) is 14.6 Å². The topological polar surface area (TPSA) is 51.9 Å². The molecule has 0 N–H and O–H groups in total. The summed E-state index contributed by atoms with van der Waals surface area (Å²) in [7, 11) is 1.62. The molecular weight excluding hydrogens is 467 g/mol. The van der Waals surface area contributed by atoms with Crippen LogP contribution in [0.5, 0.6) is 5.75 Å². The first-order valence-electron chi connectivity index (χ1n) is 11.8. The van der Waals surface area contributed by atoms with Gasteiger partial charge in [0.1, 0.15) is 17.4 Å². The van der Waals surface area contributed by atoms with E-state index >= 15 is 0 Å². The number of unbranched alkanes of at least 4 members (excludes halogenated alkanes) is 1. The second-order valence-electron chi connectivity index (χ2n) is 8.80. The summed E-state index contributed by atoms with van der Waals surface area (Å²) in [5.74, 6) is 1.43. The second-order valence-corrected chi connectivity index (χ2v) is 9.20. The average molecular weight is 495 g/mol. The Bertz CT molecular complexity index is 1370. The van der Waals surface area contributed by atoms with Gasteiger partial charge in [0, 0.05) is 24.2 Å². The SMILES string of the molecule is CCCCN(Cc1ccc(F)cc1)c1c2c(nc3c(-c4ccc(OC)cc4Cl)c(C)nn13)COC2. The van der Waals surface area contributed by atoms with Gasteiger partial charge in [0.15, 0.2) is 5.65 Å². The van der Waals surface area contributed by atoms with Crippen molar-refractivity contribution in [3.63, 3.8) is 0 Å². The monoisotopic (exact) mass is 494 g/mol. The summed E-state index contributed by atoms with van der Waals surface area (Å²) >= 11 is 6.67. The van der Waals surface area contributed by atoms with Crippen LogP contribution in [0.15, 0.2) is 42.5 Å². The number of methoxy groups -OCH3 is 1. The number of rotatable bonds is 8. The minimum absolute atomic E-state index is 0.238. The molecule has 182 valence electrons. The van der Waals surface area contributed by atoms with Crippen LogP contribution in [0.4, 0.5) is 10.2 Å². The summed E-state index contributed by atoms with van der Waals surface area (Å²) in [5, 5.41) is 5.52. The fraction of sp³-hybridized carbons (Fsp3) is 0.333. The van der Waals surface area contributed by atoms with Gasteiger partial charge in [0.05, 0.1) is 42.3 Å². The Hall–Kier alpha value is -3.16. The van der Waals surface area contributed by atoms with Gasteiger partial charge in [-0.15, -0.1) is 0 Å². The van der Waals surface area contributed by atoms with E-state index in [1.807, 2.05) is 35.7 Å². The van der Waals surface area contributed by atoms with Gasteiger partial charge in [-0.1, -0.05) is 37.1 Å². The summed E-state index contributed by atoms with van der Waals surface area (Å²) < 4.78 is 26.6. The van der Waals surface area contributed by atoms with Crippen LogP contribution in [-0.4, -0.2) is 28.3 Å². The molecule has 5 rings (SSSR count). The third-order valence-electron chi connectivity index (χ3n) is 6.39. The van der Waals surface area contributed by atoms with Crippen LogP contribution in [0.1, 0.15) is 42.3 Å². The molecule has 4 aromatic rings. The zero-order valence-electron chi connectivity index (χ0n) is 20.1. The molecule has 0 amide bonds. The molecule has 0 unspecified atom stereocenters. The second kappa shape index (κ2) is 9.84. The van der Waals surface area contributed by atoms with Gasteiger partial charge in [0.25, 0.3) is 0 Å². The lowest BCUT2D eigenvalue weighted by Gasteiger charge is -2.27. The van der Waals surface area contributed by atoms with Crippen molar-refractivity contribution in [2.24, 2.45) is 0 Å². The highest BCUT2D eigenvalue weighted by Crippen LogP contribution is 2.39. The van der Waals surface area contributed by atoms with E-state index in [0.29, 0.717) is 30.5 Å². The Labute approximate surface area is 209 Å². The van der Waals surface area contributed by atoms with Gasteiger partial charge < -0.3 is 14.4 Å². The van der Waals surface area contributed by atoms with Gasteiger partial charge in [-0.3, -0.25) is 0 Å². The molecule has 6 nitrogen and oxygen atoms in total. The van der Waals surface area contributed by atoms with Crippen molar-refractivity contribution in [2.45, 2.75) is 46.4 Å². The summed E-state index contributed by atoms with van der Waals surface area (Å²) in [6.45, 7) is 6.55. The highest BCUT2D eigenvalue weighted by molar-refractivity contribution is 6.33. The number of hydrogen-bond acceptors (Lipinski definition) is 5. The number of halogens is 2. The van der Waals surface area contributed by atoms with Gasteiger partial charge in [-0.2, -0.15) is 9.61 Å². The zero-order valence-corrected chi connectivity index (χ0v) is 20.9. The van der Waals surface area contributed by atoms with E-state index in [1.54, 1.807) is 13.2 Å². The molecule has 3 heterocycles. The van der Waals surface area contributed by atoms with E-state index in [-0.39, 0.29) is 5.82 Å². The van der Waals surface area contributed by atoms with Crippen LogP contribution in [0, 0.1) is 12.7 Å². The van der Waals surface area contributed by atoms with Gasteiger partial charge >= 0.3 is 0 Å². The number of ether oxygens (including phenoxy) is 2. The number of fused-ring (bicyclic) bond motifs is 2. The Morgan fingerprint density at radius 1 is 1.17 bits per heavy atom. The minimum atomic E-state index is -0.238. The summed E-state index contributed by atoms with van der Waals surface area (Å²) in [6.07, 6.45) is 2.07. The lowest BCUT2D eigenvalue weighted by Crippen LogP contribution is -2.28. The molecule has 0 spiro atoms. The molecular formula is C27H28ClFN4O2. The van der Waals surface area contributed by atoms with E-state index < -0.39 is 0 Å². The fourth-order valence-electron chi connectivity index (χ4n) is 4.62. The van der Waals surface area contributed by atoms with Crippen LogP contribution >= 0.6 is 11.6 Å². The molecule has 0 aliphatic carbocycles. The van der Waals surface area contributed by atoms with Crippen LogP contribution in [0.3, 0.4) is 0 Å². The molecule has 0 radical (unpaired) electrons. The Balaban J connectivity index is 1.69. The van der Waals surface area contributed by atoms with E-state index in [9.17, 15) is 4.39 Å². The first-order valence-corrected chi connectivity index (χ1v) is 12.2. The van der Waals surface area contributed by atoms with Gasteiger partial charge in [-0.25, -0.2) is 9.37 Å². The number of hydrogen-bond donors (Lipinski definition) is 0. The maximum atomic E-state index is 13.6. The average Bonchev–Trinajstić information content (AvgIpc) is 3.45. The largest absolute Gasteiger partial charge is 0.497 e. The summed E-state index contributed by atoms with van der Waals surface area (Å²) in [4.78, 5) is 7.30. The number of nitrogens with zero attached hydrogens (tertiary/aromatic N) is 4. The van der Waals surface area contributed by atoms with Gasteiger partial charge in [-0.05, 0) is 49.2 Å². The first-order chi connectivity index (χ1) is 17.0. The maximum Gasteiger partial charge on any atom is 0.165 e. The third-order valence-corrected chi connectivity index (χ3v) is 6.71. The normalized spacial score (nSPS) is 12.8. The lowest BCUT2D eigenvalue weighted by molar-refractivity contribution is 0.133. The molecule has 1 aliphatic heterocycles. The van der Waals surface area contributed by atoms with E-state index in [2.05, 4.69) is 11.8 Å². The molecule has 2 aromatic carbocycles. The lowest BCUT2D eigenvalue weighted by atomic mass is 10.1. The molecule has 0 bridgehead atoms. The Morgan fingerprint density at radius 3 is 2.69 bits per heavy atom. The smallest absolute Gasteiger partial charge is 0.165 e. The molecule has 0 atom stereocenters. The highest BCUT2D eigenvalue weighted by Gasteiger charge is 2.28. The Morgan fingerprint density at radius 2 is 1.97 bits per heavy atom. The van der Waals surface area contributed by atoms with Crippen molar-refractivity contribution in [3.05, 3.63) is 75.8 Å². The van der Waals surface area contributed by atoms with Crippen LogP contribution in [0.2, 0.25) is 5.02 Å².